The van der Waals surface area contributed by atoms with Crippen LogP contribution in [-0.2, 0) is 0 Å². The maximum Gasteiger partial charge on any atom is 0.176 e. The van der Waals surface area contributed by atoms with E-state index in [0.717, 1.165) is 48.2 Å². The standard InChI is InChI=1S/C20H27NO3/c1-3-12-23-17-9-7-8-16-13-18(24-19(16)17)15(2)21-14-20(22)10-5-4-6-11-20/h3,7-9,13,15,21-22H,1,4-6,10-12,14H2,2H3. The summed E-state index contributed by atoms with van der Waals surface area (Å²) in [6, 6.07) is 7.96. The molecule has 0 spiro atoms. The average molecular weight is 329 g/mol. The van der Waals surface area contributed by atoms with Gasteiger partial charge in [0.15, 0.2) is 11.3 Å². The Labute approximate surface area is 143 Å². The molecule has 1 fully saturated rings. The fourth-order valence-electron chi connectivity index (χ4n) is 3.36. The van der Waals surface area contributed by atoms with Gasteiger partial charge < -0.3 is 19.6 Å². The van der Waals surface area contributed by atoms with Crippen LogP contribution in [0.25, 0.3) is 11.0 Å². The van der Waals surface area contributed by atoms with Crippen molar-refractivity contribution in [2.45, 2.75) is 50.7 Å². The third-order valence-corrected chi connectivity index (χ3v) is 4.83. The predicted octanol–water partition coefficient (Wildman–Crippen LogP) is 4.34. The first-order valence-corrected chi connectivity index (χ1v) is 8.83. The van der Waals surface area contributed by atoms with Gasteiger partial charge in [0.25, 0.3) is 0 Å². The summed E-state index contributed by atoms with van der Waals surface area (Å²) in [6.45, 7) is 6.80. The molecule has 1 heterocycles. The normalized spacial score (nSPS) is 18.4. The molecule has 4 nitrogen and oxygen atoms in total. The molecule has 1 aromatic heterocycles. The number of ether oxygens (including phenoxy) is 1. The molecule has 1 aliphatic rings. The second-order valence-corrected chi connectivity index (χ2v) is 6.81. The molecule has 0 radical (unpaired) electrons. The second-order valence-electron chi connectivity index (χ2n) is 6.81. The summed E-state index contributed by atoms with van der Waals surface area (Å²) in [5, 5.41) is 15.1. The maximum absolute atomic E-state index is 10.6. The van der Waals surface area contributed by atoms with Crippen molar-refractivity contribution in [2.24, 2.45) is 0 Å². The Kier molecular flexibility index (Phi) is 5.27. The number of aliphatic hydroxyl groups is 1. The molecule has 1 aliphatic carbocycles. The number of para-hydroxylation sites is 1. The zero-order valence-electron chi connectivity index (χ0n) is 14.4. The topological polar surface area (TPSA) is 54.6 Å². The highest BCUT2D eigenvalue weighted by atomic mass is 16.5. The summed E-state index contributed by atoms with van der Waals surface area (Å²) < 4.78 is 11.7. The minimum absolute atomic E-state index is 0.0376. The number of rotatable bonds is 7. The van der Waals surface area contributed by atoms with Crippen LogP contribution in [0, 0.1) is 0 Å². The molecule has 1 saturated carbocycles. The summed E-state index contributed by atoms with van der Waals surface area (Å²) >= 11 is 0. The van der Waals surface area contributed by atoms with Crippen molar-refractivity contribution >= 4 is 11.0 Å². The molecular formula is C20H27NO3. The van der Waals surface area contributed by atoms with Gasteiger partial charge in [0, 0.05) is 11.9 Å². The van der Waals surface area contributed by atoms with Gasteiger partial charge in [-0.2, -0.15) is 0 Å². The van der Waals surface area contributed by atoms with Crippen LogP contribution < -0.4 is 10.1 Å². The molecule has 4 heteroatoms. The molecule has 0 bridgehead atoms. The molecule has 0 aliphatic heterocycles. The van der Waals surface area contributed by atoms with Gasteiger partial charge in [0.05, 0.1) is 11.6 Å². The van der Waals surface area contributed by atoms with E-state index in [-0.39, 0.29) is 6.04 Å². The molecule has 3 rings (SSSR count). The van der Waals surface area contributed by atoms with E-state index in [0.29, 0.717) is 13.2 Å². The summed E-state index contributed by atoms with van der Waals surface area (Å²) in [4.78, 5) is 0. The molecule has 0 amide bonds. The molecular weight excluding hydrogens is 302 g/mol. The van der Waals surface area contributed by atoms with E-state index < -0.39 is 5.60 Å². The first kappa shape index (κ1) is 17.1. The fraction of sp³-hybridized carbons (Fsp3) is 0.500. The lowest BCUT2D eigenvalue weighted by Gasteiger charge is -2.33. The lowest BCUT2D eigenvalue weighted by Crippen LogP contribution is -2.42. The number of hydrogen-bond acceptors (Lipinski definition) is 4. The quantitative estimate of drug-likeness (QED) is 0.742. The van der Waals surface area contributed by atoms with Crippen molar-refractivity contribution in [3.05, 3.63) is 42.7 Å². The smallest absolute Gasteiger partial charge is 0.176 e. The van der Waals surface area contributed by atoms with Gasteiger partial charge in [0.2, 0.25) is 0 Å². The van der Waals surface area contributed by atoms with Gasteiger partial charge in [0.1, 0.15) is 12.4 Å². The Morgan fingerprint density at radius 3 is 2.92 bits per heavy atom. The predicted molar refractivity (Wildman–Crippen MR) is 96.4 cm³/mol. The van der Waals surface area contributed by atoms with Gasteiger partial charge >= 0.3 is 0 Å². The van der Waals surface area contributed by atoms with Crippen molar-refractivity contribution in [3.63, 3.8) is 0 Å². The van der Waals surface area contributed by atoms with E-state index in [2.05, 4.69) is 18.8 Å². The van der Waals surface area contributed by atoms with Crippen LogP contribution in [0.2, 0.25) is 0 Å². The SMILES string of the molecule is C=CCOc1cccc2cc(C(C)NCC3(O)CCCCC3)oc12. The molecule has 1 atom stereocenters. The Morgan fingerprint density at radius 1 is 1.38 bits per heavy atom. The number of hydrogen-bond donors (Lipinski definition) is 2. The number of nitrogens with one attached hydrogen (secondary N) is 1. The van der Waals surface area contributed by atoms with Gasteiger partial charge in [-0.05, 0) is 31.9 Å². The number of benzene rings is 1. The summed E-state index contributed by atoms with van der Waals surface area (Å²) in [6.07, 6.45) is 6.94. The molecule has 1 aromatic carbocycles. The lowest BCUT2D eigenvalue weighted by molar-refractivity contribution is 0.00258. The molecule has 2 aromatic rings. The minimum Gasteiger partial charge on any atom is -0.486 e. The summed E-state index contributed by atoms with van der Waals surface area (Å²) in [5.41, 5.74) is 0.191. The van der Waals surface area contributed by atoms with E-state index in [1.54, 1.807) is 6.08 Å². The van der Waals surface area contributed by atoms with Gasteiger partial charge in [-0.1, -0.05) is 44.1 Å². The summed E-state index contributed by atoms with van der Waals surface area (Å²) in [7, 11) is 0. The Balaban J connectivity index is 1.70. The van der Waals surface area contributed by atoms with Gasteiger partial charge in [-0.15, -0.1) is 0 Å². The second kappa shape index (κ2) is 7.41. The van der Waals surface area contributed by atoms with Crippen molar-refractivity contribution in [1.29, 1.82) is 0 Å². The van der Waals surface area contributed by atoms with Crippen LogP contribution in [-0.4, -0.2) is 23.9 Å². The largest absolute Gasteiger partial charge is 0.486 e. The first-order chi connectivity index (χ1) is 11.6. The first-order valence-electron chi connectivity index (χ1n) is 8.83. The molecule has 24 heavy (non-hydrogen) atoms. The maximum atomic E-state index is 10.6. The zero-order chi connectivity index (χ0) is 17.0. The third kappa shape index (κ3) is 3.82. The Hall–Kier alpha value is -1.78. The van der Waals surface area contributed by atoms with Gasteiger partial charge in [-0.3, -0.25) is 0 Å². The Bertz CT molecular complexity index is 685. The third-order valence-electron chi connectivity index (χ3n) is 4.83. The van der Waals surface area contributed by atoms with Crippen molar-refractivity contribution in [2.75, 3.05) is 13.2 Å². The number of fused-ring (bicyclic) bond motifs is 1. The fourth-order valence-corrected chi connectivity index (χ4v) is 3.36. The van der Waals surface area contributed by atoms with E-state index in [1.807, 2.05) is 24.3 Å². The highest BCUT2D eigenvalue weighted by Crippen LogP contribution is 2.32. The van der Waals surface area contributed by atoms with E-state index in [1.165, 1.54) is 6.42 Å². The summed E-state index contributed by atoms with van der Waals surface area (Å²) in [5.74, 6) is 1.59. The van der Waals surface area contributed by atoms with E-state index >= 15 is 0 Å². The van der Waals surface area contributed by atoms with Crippen molar-refractivity contribution in [3.8, 4) is 5.75 Å². The highest BCUT2D eigenvalue weighted by molar-refractivity contribution is 5.83. The monoisotopic (exact) mass is 329 g/mol. The Morgan fingerprint density at radius 2 is 2.17 bits per heavy atom. The van der Waals surface area contributed by atoms with Crippen LogP contribution in [0.5, 0.6) is 5.75 Å². The number of furan rings is 1. The van der Waals surface area contributed by atoms with E-state index in [9.17, 15) is 5.11 Å². The molecule has 0 saturated heterocycles. The molecule has 130 valence electrons. The van der Waals surface area contributed by atoms with Crippen LogP contribution in [0.4, 0.5) is 0 Å². The van der Waals surface area contributed by atoms with Gasteiger partial charge in [-0.25, -0.2) is 0 Å². The zero-order valence-corrected chi connectivity index (χ0v) is 14.4. The van der Waals surface area contributed by atoms with Crippen molar-refractivity contribution in [1.82, 2.24) is 5.32 Å². The molecule has 1 unspecified atom stereocenters. The lowest BCUT2D eigenvalue weighted by atomic mass is 9.85. The van der Waals surface area contributed by atoms with Crippen LogP contribution >= 0.6 is 0 Å². The molecule has 2 N–H and O–H groups in total. The minimum atomic E-state index is -0.573. The highest BCUT2D eigenvalue weighted by Gasteiger charge is 2.29. The van der Waals surface area contributed by atoms with Crippen molar-refractivity contribution < 1.29 is 14.3 Å². The van der Waals surface area contributed by atoms with Crippen LogP contribution in [0.15, 0.2) is 41.3 Å². The average Bonchev–Trinajstić information content (AvgIpc) is 3.03. The van der Waals surface area contributed by atoms with E-state index in [4.69, 9.17) is 9.15 Å². The van der Waals surface area contributed by atoms with Crippen LogP contribution in [0.3, 0.4) is 0 Å². The van der Waals surface area contributed by atoms with Crippen LogP contribution in [0.1, 0.15) is 50.8 Å².